The monoisotopic (exact) mass is 554 g/mol. The van der Waals surface area contributed by atoms with Crippen LogP contribution in [0.3, 0.4) is 0 Å². The third-order valence-corrected chi connectivity index (χ3v) is 7.24. The average Bonchev–Trinajstić information content (AvgIpc) is 2.84. The van der Waals surface area contributed by atoms with Gasteiger partial charge in [-0.05, 0) is 43.5 Å². The Morgan fingerprint density at radius 2 is 1.78 bits per heavy atom. The molecule has 1 atom stereocenters. The number of piperidine rings is 1. The zero-order valence-electron chi connectivity index (χ0n) is 20.6. The molecule has 2 heterocycles. The van der Waals surface area contributed by atoms with Crippen molar-refractivity contribution in [1.29, 1.82) is 0 Å². The summed E-state index contributed by atoms with van der Waals surface area (Å²) in [7, 11) is 0. The van der Waals surface area contributed by atoms with Gasteiger partial charge in [-0.3, -0.25) is 14.5 Å². The molecule has 2 aliphatic heterocycles. The zero-order chi connectivity index (χ0) is 25.9. The Kier molecular flexibility index (Phi) is 9.80. The summed E-state index contributed by atoms with van der Waals surface area (Å²) in [5.74, 6) is -0.893. The Morgan fingerprint density at radius 1 is 1.14 bits per heavy atom. The van der Waals surface area contributed by atoms with Gasteiger partial charge in [0.2, 0.25) is 0 Å². The highest BCUT2D eigenvalue weighted by Gasteiger charge is 2.40. The van der Waals surface area contributed by atoms with Gasteiger partial charge in [-0.15, -0.1) is 0 Å². The van der Waals surface area contributed by atoms with Crippen LogP contribution in [0.4, 0.5) is 14.5 Å². The molecule has 3 N–H and O–H groups in total. The molecular formula is C26H33ClF2N4O3S. The predicted molar refractivity (Wildman–Crippen MR) is 145 cm³/mol. The minimum atomic E-state index is -2.62. The zero-order valence-corrected chi connectivity index (χ0v) is 22.3. The second-order valence-corrected chi connectivity index (χ2v) is 9.96. The van der Waals surface area contributed by atoms with Crippen LogP contribution in [0.15, 0.2) is 48.5 Å². The molecule has 11 heteroatoms. The molecule has 2 aromatic carbocycles. The fourth-order valence-electron chi connectivity index (χ4n) is 4.82. The van der Waals surface area contributed by atoms with E-state index in [0.29, 0.717) is 24.7 Å². The Labute approximate surface area is 227 Å². The molecule has 0 aromatic heterocycles. The lowest BCUT2D eigenvalue weighted by Gasteiger charge is -2.48. The van der Waals surface area contributed by atoms with E-state index in [1.54, 1.807) is 36.1 Å². The van der Waals surface area contributed by atoms with Crippen molar-refractivity contribution in [3.63, 3.8) is 0 Å². The molecule has 0 unspecified atom stereocenters. The lowest BCUT2D eigenvalue weighted by molar-refractivity contribution is -0.152. The van der Waals surface area contributed by atoms with Gasteiger partial charge in [0.1, 0.15) is 0 Å². The summed E-state index contributed by atoms with van der Waals surface area (Å²) in [6.45, 7) is 3.73. The van der Waals surface area contributed by atoms with E-state index < -0.39 is 24.5 Å². The maximum absolute atomic E-state index is 13.0. The van der Waals surface area contributed by atoms with Crippen molar-refractivity contribution < 1.29 is 23.5 Å². The minimum Gasteiger partial charge on any atom is -0.380 e. The van der Waals surface area contributed by atoms with Crippen LogP contribution in [-0.4, -0.2) is 78.0 Å². The van der Waals surface area contributed by atoms with Crippen molar-refractivity contribution in [2.75, 3.05) is 38.0 Å². The SMILES string of the molecule is C[C@@](O)(C(=O)N1CCC(N2CC(Nc3ccc(C(=O)NCC(F)F)c(Cl)c3)C2)CC1)c1ccccc1.S. The number of hydrogen-bond donors (Lipinski definition) is 3. The number of halogens is 3. The molecule has 0 bridgehead atoms. The summed E-state index contributed by atoms with van der Waals surface area (Å²) in [6.07, 6.45) is -0.929. The van der Waals surface area contributed by atoms with Crippen molar-refractivity contribution in [1.82, 2.24) is 15.1 Å². The number of nitrogens with zero attached hydrogens (tertiary/aromatic N) is 2. The molecule has 202 valence electrons. The van der Waals surface area contributed by atoms with E-state index in [9.17, 15) is 23.5 Å². The van der Waals surface area contributed by atoms with E-state index >= 15 is 0 Å². The van der Waals surface area contributed by atoms with Gasteiger partial charge in [-0.1, -0.05) is 41.9 Å². The maximum Gasteiger partial charge on any atom is 0.258 e. The number of rotatable bonds is 8. The average molecular weight is 555 g/mol. The Hall–Kier alpha value is -2.40. The van der Waals surface area contributed by atoms with Crippen LogP contribution in [0.5, 0.6) is 0 Å². The number of anilines is 1. The fraction of sp³-hybridized carbons (Fsp3) is 0.462. The molecule has 0 aliphatic carbocycles. The third kappa shape index (κ3) is 6.93. The first kappa shape index (κ1) is 29.2. The van der Waals surface area contributed by atoms with E-state index in [1.807, 2.05) is 18.2 Å². The molecule has 2 aliphatic rings. The molecule has 2 amide bonds. The first-order valence-electron chi connectivity index (χ1n) is 12.1. The van der Waals surface area contributed by atoms with Gasteiger partial charge in [-0.25, -0.2) is 8.78 Å². The summed E-state index contributed by atoms with van der Waals surface area (Å²) in [5.41, 5.74) is -0.0275. The quantitative estimate of drug-likeness (QED) is 0.465. The molecular weight excluding hydrogens is 522 g/mol. The first-order chi connectivity index (χ1) is 17.1. The molecule has 37 heavy (non-hydrogen) atoms. The smallest absolute Gasteiger partial charge is 0.258 e. The van der Waals surface area contributed by atoms with Gasteiger partial charge in [0.15, 0.2) is 5.60 Å². The highest BCUT2D eigenvalue weighted by atomic mass is 35.5. The van der Waals surface area contributed by atoms with E-state index in [-0.39, 0.29) is 36.0 Å². The third-order valence-electron chi connectivity index (χ3n) is 6.93. The van der Waals surface area contributed by atoms with Crippen molar-refractivity contribution in [2.24, 2.45) is 0 Å². The van der Waals surface area contributed by atoms with Crippen LogP contribution >= 0.6 is 25.1 Å². The van der Waals surface area contributed by atoms with Crippen molar-refractivity contribution in [3.05, 3.63) is 64.7 Å². The van der Waals surface area contributed by atoms with Crippen LogP contribution in [-0.2, 0) is 10.4 Å². The summed E-state index contributed by atoms with van der Waals surface area (Å²) in [5, 5.41) is 16.6. The summed E-state index contributed by atoms with van der Waals surface area (Å²) in [4.78, 5) is 29.1. The fourth-order valence-corrected chi connectivity index (χ4v) is 5.09. The molecule has 0 spiro atoms. The number of alkyl halides is 2. The van der Waals surface area contributed by atoms with Crippen molar-refractivity contribution in [3.8, 4) is 0 Å². The molecule has 2 fully saturated rings. The topological polar surface area (TPSA) is 84.9 Å². The van der Waals surface area contributed by atoms with Crippen LogP contribution in [0.1, 0.15) is 35.7 Å². The van der Waals surface area contributed by atoms with E-state index in [1.165, 1.54) is 6.07 Å². The van der Waals surface area contributed by atoms with Gasteiger partial charge in [-0.2, -0.15) is 13.5 Å². The maximum atomic E-state index is 13.0. The number of carbonyl (C=O) groups excluding carboxylic acids is 2. The predicted octanol–water partition coefficient (Wildman–Crippen LogP) is 3.44. The second-order valence-electron chi connectivity index (χ2n) is 9.55. The normalized spacial score (nSPS) is 18.5. The largest absolute Gasteiger partial charge is 0.380 e. The highest BCUT2D eigenvalue weighted by molar-refractivity contribution is 7.59. The molecule has 7 nitrogen and oxygen atoms in total. The van der Waals surface area contributed by atoms with Crippen LogP contribution in [0.2, 0.25) is 5.02 Å². The van der Waals surface area contributed by atoms with E-state index in [2.05, 4.69) is 15.5 Å². The number of nitrogens with one attached hydrogen (secondary N) is 2. The molecule has 2 aromatic rings. The highest BCUT2D eigenvalue weighted by Crippen LogP contribution is 2.29. The molecule has 4 rings (SSSR count). The van der Waals surface area contributed by atoms with Gasteiger partial charge in [0, 0.05) is 37.9 Å². The van der Waals surface area contributed by atoms with E-state index in [0.717, 1.165) is 31.6 Å². The lowest BCUT2D eigenvalue weighted by atomic mass is 9.92. The lowest BCUT2D eigenvalue weighted by Crippen LogP contribution is -2.61. The van der Waals surface area contributed by atoms with Gasteiger partial charge in [0.05, 0.1) is 23.2 Å². The van der Waals surface area contributed by atoms with Gasteiger partial charge >= 0.3 is 0 Å². The minimum absolute atomic E-state index is 0. The number of likely N-dealkylation sites (tertiary alicyclic amines) is 2. The van der Waals surface area contributed by atoms with Crippen LogP contribution in [0, 0.1) is 0 Å². The molecule has 0 radical (unpaired) electrons. The number of carbonyl (C=O) groups is 2. The molecule has 2 saturated heterocycles. The van der Waals surface area contributed by atoms with Crippen molar-refractivity contribution in [2.45, 2.75) is 43.9 Å². The summed E-state index contributed by atoms with van der Waals surface area (Å²) in [6, 6.07) is 14.5. The van der Waals surface area contributed by atoms with Crippen LogP contribution < -0.4 is 10.6 Å². The Balaban J connectivity index is 0.00000380. The number of aliphatic hydroxyl groups is 1. The second kappa shape index (κ2) is 12.4. The number of benzene rings is 2. The van der Waals surface area contributed by atoms with Gasteiger partial charge < -0.3 is 20.6 Å². The van der Waals surface area contributed by atoms with Crippen molar-refractivity contribution >= 4 is 42.6 Å². The number of hydrogen-bond acceptors (Lipinski definition) is 5. The Bertz CT molecular complexity index is 1080. The summed E-state index contributed by atoms with van der Waals surface area (Å²) < 4.78 is 24.6. The van der Waals surface area contributed by atoms with E-state index in [4.69, 9.17) is 11.6 Å². The summed E-state index contributed by atoms with van der Waals surface area (Å²) >= 11 is 6.20. The Morgan fingerprint density at radius 3 is 2.38 bits per heavy atom. The standard InChI is InChI=1S/C26H31ClF2N4O3.H2S/c1-26(36,17-5-3-2-4-6-17)25(35)32-11-9-20(10-12-32)33-15-19(16-33)31-18-7-8-21(22(27)13-18)24(34)30-14-23(28)29;/h2-8,13,19-20,23,31,36H,9-12,14-16H2,1H3,(H,30,34);1H2/t26-;/m0./s1. The number of amides is 2. The first-order valence-corrected chi connectivity index (χ1v) is 12.5. The van der Waals surface area contributed by atoms with Gasteiger partial charge in [0.25, 0.3) is 18.2 Å². The molecule has 0 saturated carbocycles. The van der Waals surface area contributed by atoms with Crippen LogP contribution in [0.25, 0.3) is 0 Å².